The van der Waals surface area contributed by atoms with Gasteiger partial charge in [-0.1, -0.05) is 11.6 Å². The van der Waals surface area contributed by atoms with E-state index in [1.807, 2.05) is 4.72 Å². The molecule has 0 saturated carbocycles. The molecule has 0 unspecified atom stereocenters. The quantitative estimate of drug-likeness (QED) is 0.526. The van der Waals surface area contributed by atoms with E-state index in [4.69, 9.17) is 11.6 Å². The summed E-state index contributed by atoms with van der Waals surface area (Å²) in [7, 11) is -4.46. The van der Waals surface area contributed by atoms with Crippen LogP contribution in [0.5, 0.6) is 0 Å². The third-order valence-electron chi connectivity index (χ3n) is 6.85. The molecule has 2 aromatic carbocycles. The number of nitrogens with zero attached hydrogens (tertiary/aromatic N) is 2. The molecule has 0 radical (unpaired) electrons. The number of nitrogens with one attached hydrogen (secondary N) is 3. The molecule has 0 atom stereocenters. The molecule has 0 aromatic heterocycles. The van der Waals surface area contributed by atoms with Crippen LogP contribution in [0.1, 0.15) is 31.2 Å². The number of urea groups is 1. The van der Waals surface area contributed by atoms with Crippen LogP contribution in [-0.4, -0.2) is 52.6 Å². The molecule has 9 nitrogen and oxygen atoms in total. The van der Waals surface area contributed by atoms with E-state index in [0.29, 0.717) is 43.6 Å². The first-order chi connectivity index (χ1) is 17.6. The molecule has 2 fully saturated rings. The first-order valence-electron chi connectivity index (χ1n) is 12.1. The van der Waals surface area contributed by atoms with E-state index >= 15 is 0 Å². The van der Waals surface area contributed by atoms with Gasteiger partial charge in [0.15, 0.2) is 11.6 Å². The molecule has 3 aliphatic heterocycles. The zero-order chi connectivity index (χ0) is 26.3. The van der Waals surface area contributed by atoms with Crippen LogP contribution < -0.4 is 25.2 Å². The second-order valence-electron chi connectivity index (χ2n) is 9.32. The largest absolute Gasteiger partial charge is 0.335 e. The number of rotatable bonds is 5. The number of amides is 3. The van der Waals surface area contributed by atoms with Gasteiger partial charge in [-0.25, -0.2) is 22.0 Å². The van der Waals surface area contributed by atoms with E-state index in [9.17, 15) is 26.8 Å². The number of anilines is 3. The Labute approximate surface area is 218 Å². The van der Waals surface area contributed by atoms with Crippen LogP contribution in [0.2, 0.25) is 5.02 Å². The molecule has 3 amide bonds. The van der Waals surface area contributed by atoms with Crippen LogP contribution in [0.15, 0.2) is 29.2 Å². The molecule has 198 valence electrons. The molecular weight excluding hydrogens is 528 g/mol. The van der Waals surface area contributed by atoms with Crippen LogP contribution in [0.25, 0.3) is 0 Å². The fourth-order valence-corrected chi connectivity index (χ4v) is 6.35. The minimum atomic E-state index is -4.46. The highest BCUT2D eigenvalue weighted by molar-refractivity contribution is 7.92. The van der Waals surface area contributed by atoms with Crippen molar-refractivity contribution in [1.82, 2.24) is 10.6 Å². The van der Waals surface area contributed by atoms with Crippen LogP contribution in [0.4, 0.5) is 30.6 Å². The van der Waals surface area contributed by atoms with Gasteiger partial charge in [-0.3, -0.25) is 14.4 Å². The smallest absolute Gasteiger partial charge is 0.322 e. The summed E-state index contributed by atoms with van der Waals surface area (Å²) in [5.74, 6) is -2.51. The lowest BCUT2D eigenvalue weighted by Crippen LogP contribution is -2.48. The van der Waals surface area contributed by atoms with Crippen LogP contribution in [-0.2, 0) is 21.2 Å². The highest BCUT2D eigenvalue weighted by atomic mass is 35.5. The van der Waals surface area contributed by atoms with Crippen LogP contribution in [0.3, 0.4) is 0 Å². The number of hydrogen-bond acceptors (Lipinski definition) is 5. The Hall–Kier alpha value is -2.96. The molecule has 37 heavy (non-hydrogen) atoms. The number of hydrogen-bond donors (Lipinski definition) is 3. The zero-order valence-electron chi connectivity index (χ0n) is 19.8. The molecule has 3 N–H and O–H groups in total. The summed E-state index contributed by atoms with van der Waals surface area (Å²) >= 11 is 5.65. The molecular formula is C24H26ClF2N5O4S. The molecule has 0 bridgehead atoms. The van der Waals surface area contributed by atoms with E-state index < -0.39 is 27.3 Å². The molecule has 3 heterocycles. The number of sulfonamides is 1. The Bertz CT molecular complexity index is 1340. The van der Waals surface area contributed by atoms with Crippen molar-refractivity contribution in [1.29, 1.82) is 0 Å². The Morgan fingerprint density at radius 1 is 1.05 bits per heavy atom. The molecule has 0 aliphatic carbocycles. The summed E-state index contributed by atoms with van der Waals surface area (Å²) < 4.78 is 57.1. The van der Waals surface area contributed by atoms with Crippen LogP contribution in [0, 0.1) is 11.6 Å². The van der Waals surface area contributed by atoms with Gasteiger partial charge in [0.2, 0.25) is 5.91 Å². The summed E-state index contributed by atoms with van der Waals surface area (Å²) in [6.07, 6.45) is 2.84. The summed E-state index contributed by atoms with van der Waals surface area (Å²) in [4.78, 5) is 28.6. The Morgan fingerprint density at radius 3 is 2.41 bits per heavy atom. The zero-order valence-corrected chi connectivity index (χ0v) is 21.4. The van der Waals surface area contributed by atoms with Crippen molar-refractivity contribution < 1.29 is 26.8 Å². The molecule has 5 rings (SSSR count). The third kappa shape index (κ3) is 5.10. The standard InChI is InChI=1S/C24H26ClF2N5O4S/c25-15-11-18(26)22(19(27)12-15)30-37(35,36)17-10-14-5-9-32(24(34)29-16-3-6-28-7-4-16)23(14)20(13-17)31-8-1-2-21(31)33/h10-13,16,28,30H,1-9H2,(H,29,34). The van der Waals surface area contributed by atoms with E-state index in [-0.39, 0.29) is 33.6 Å². The lowest BCUT2D eigenvalue weighted by Gasteiger charge is -2.29. The topological polar surface area (TPSA) is 111 Å². The van der Waals surface area contributed by atoms with Gasteiger partial charge in [0.05, 0.1) is 16.3 Å². The summed E-state index contributed by atoms with van der Waals surface area (Å²) in [5.41, 5.74) is 0.460. The average molecular weight is 554 g/mol. The highest BCUT2D eigenvalue weighted by Crippen LogP contribution is 2.42. The summed E-state index contributed by atoms with van der Waals surface area (Å²) in [6.45, 7) is 2.28. The molecule has 13 heteroatoms. The molecule has 2 saturated heterocycles. The summed E-state index contributed by atoms with van der Waals surface area (Å²) in [5, 5.41) is 6.08. The number of carbonyl (C=O) groups is 2. The number of carbonyl (C=O) groups excluding carboxylic acids is 2. The van der Waals surface area contributed by atoms with Crippen molar-refractivity contribution in [2.24, 2.45) is 0 Å². The van der Waals surface area contributed by atoms with Crippen molar-refractivity contribution in [3.05, 3.63) is 46.5 Å². The highest BCUT2D eigenvalue weighted by Gasteiger charge is 2.35. The van der Waals surface area contributed by atoms with E-state index in [1.54, 1.807) is 4.90 Å². The Morgan fingerprint density at radius 2 is 1.76 bits per heavy atom. The van der Waals surface area contributed by atoms with Gasteiger partial charge in [0, 0.05) is 30.6 Å². The monoisotopic (exact) mass is 553 g/mol. The second-order valence-corrected chi connectivity index (χ2v) is 11.4. The summed E-state index contributed by atoms with van der Waals surface area (Å²) in [6, 6.07) is 3.98. The predicted octanol–water partition coefficient (Wildman–Crippen LogP) is 3.37. The normalized spacial score (nSPS) is 18.3. The predicted molar refractivity (Wildman–Crippen MR) is 136 cm³/mol. The lowest BCUT2D eigenvalue weighted by atomic mass is 10.1. The van der Waals surface area contributed by atoms with Crippen LogP contribution >= 0.6 is 11.6 Å². The van der Waals surface area contributed by atoms with Crippen molar-refractivity contribution in [2.45, 2.75) is 43.0 Å². The SMILES string of the molecule is O=C1CCCN1c1cc(S(=O)(=O)Nc2c(F)cc(Cl)cc2F)cc2c1N(C(=O)NC1CCNCC1)CC2. The average Bonchev–Trinajstić information content (AvgIpc) is 3.48. The van der Waals surface area contributed by atoms with E-state index in [2.05, 4.69) is 10.6 Å². The first kappa shape index (κ1) is 25.7. The van der Waals surface area contributed by atoms with Gasteiger partial charge in [-0.05, 0) is 68.6 Å². The van der Waals surface area contributed by atoms with E-state index in [1.165, 1.54) is 17.0 Å². The number of halogens is 3. The maximum atomic E-state index is 14.3. The minimum absolute atomic E-state index is 0.0164. The van der Waals surface area contributed by atoms with Crippen molar-refractivity contribution in [2.75, 3.05) is 40.7 Å². The fraction of sp³-hybridized carbons (Fsp3) is 0.417. The Balaban J connectivity index is 1.52. The molecule has 0 spiro atoms. The van der Waals surface area contributed by atoms with Gasteiger partial charge in [-0.2, -0.15) is 0 Å². The fourth-order valence-electron chi connectivity index (χ4n) is 5.01. The maximum absolute atomic E-state index is 14.3. The van der Waals surface area contributed by atoms with Crippen molar-refractivity contribution in [3.63, 3.8) is 0 Å². The van der Waals surface area contributed by atoms with Gasteiger partial charge >= 0.3 is 6.03 Å². The number of benzene rings is 2. The molecule has 3 aliphatic rings. The maximum Gasteiger partial charge on any atom is 0.322 e. The third-order valence-corrected chi connectivity index (χ3v) is 8.39. The van der Waals surface area contributed by atoms with Gasteiger partial charge in [-0.15, -0.1) is 0 Å². The van der Waals surface area contributed by atoms with Gasteiger partial charge in [0.1, 0.15) is 5.69 Å². The number of piperidine rings is 1. The lowest BCUT2D eigenvalue weighted by molar-refractivity contribution is -0.117. The molecule has 2 aromatic rings. The number of fused-ring (bicyclic) bond motifs is 1. The van der Waals surface area contributed by atoms with Gasteiger partial charge < -0.3 is 15.5 Å². The van der Waals surface area contributed by atoms with Crippen molar-refractivity contribution >= 4 is 50.6 Å². The van der Waals surface area contributed by atoms with Crippen molar-refractivity contribution in [3.8, 4) is 0 Å². The second kappa shape index (κ2) is 10.1. The minimum Gasteiger partial charge on any atom is -0.335 e. The van der Waals surface area contributed by atoms with Gasteiger partial charge in [0.25, 0.3) is 10.0 Å². The Kier molecular flexibility index (Phi) is 6.99. The van der Waals surface area contributed by atoms with E-state index in [0.717, 1.165) is 38.1 Å². The first-order valence-corrected chi connectivity index (χ1v) is 13.9.